The standard InChI is InChI=1S/C14H16BrN3O/c1-9-8-11(15)2-3-12(9)13-17-14(19-18-13)10-4-6-16-7-5-10/h2-3,8,10,16H,4-7H2,1H3. The summed E-state index contributed by atoms with van der Waals surface area (Å²) in [6.07, 6.45) is 2.14. The van der Waals surface area contributed by atoms with E-state index in [9.17, 15) is 0 Å². The molecule has 100 valence electrons. The molecule has 0 saturated carbocycles. The van der Waals surface area contributed by atoms with E-state index in [0.29, 0.717) is 11.7 Å². The molecule has 1 aliphatic heterocycles. The maximum absolute atomic E-state index is 5.44. The Kier molecular flexibility index (Phi) is 3.66. The van der Waals surface area contributed by atoms with E-state index in [0.717, 1.165) is 47.4 Å². The summed E-state index contributed by atoms with van der Waals surface area (Å²) < 4.78 is 6.51. The molecule has 1 aliphatic rings. The van der Waals surface area contributed by atoms with Gasteiger partial charge in [0.15, 0.2) is 0 Å². The van der Waals surface area contributed by atoms with Crippen molar-refractivity contribution in [1.82, 2.24) is 15.5 Å². The monoisotopic (exact) mass is 321 g/mol. The van der Waals surface area contributed by atoms with Gasteiger partial charge in [0.1, 0.15) is 0 Å². The Labute approximate surface area is 120 Å². The number of hydrogen-bond donors (Lipinski definition) is 1. The number of nitrogens with zero attached hydrogens (tertiary/aromatic N) is 2. The van der Waals surface area contributed by atoms with E-state index in [2.05, 4.69) is 44.4 Å². The molecular weight excluding hydrogens is 306 g/mol. The quantitative estimate of drug-likeness (QED) is 0.922. The molecule has 1 saturated heterocycles. The molecule has 4 nitrogen and oxygen atoms in total. The minimum Gasteiger partial charge on any atom is -0.339 e. The molecule has 1 aromatic heterocycles. The number of aromatic nitrogens is 2. The first-order valence-electron chi connectivity index (χ1n) is 6.55. The second kappa shape index (κ2) is 5.43. The predicted octanol–water partition coefficient (Wildman–Crippen LogP) is 3.27. The van der Waals surface area contributed by atoms with E-state index in [1.807, 2.05) is 12.1 Å². The lowest BCUT2D eigenvalue weighted by Gasteiger charge is -2.18. The number of aryl methyl sites for hydroxylation is 1. The summed E-state index contributed by atoms with van der Waals surface area (Å²) >= 11 is 3.47. The Hall–Kier alpha value is -1.20. The highest BCUT2D eigenvalue weighted by atomic mass is 79.9. The van der Waals surface area contributed by atoms with Crippen LogP contribution in [0.15, 0.2) is 27.2 Å². The normalized spacial score (nSPS) is 16.7. The van der Waals surface area contributed by atoms with Crippen molar-refractivity contribution in [3.05, 3.63) is 34.1 Å². The number of halogens is 1. The van der Waals surface area contributed by atoms with Gasteiger partial charge >= 0.3 is 0 Å². The van der Waals surface area contributed by atoms with Crippen LogP contribution >= 0.6 is 15.9 Å². The van der Waals surface area contributed by atoms with Crippen molar-refractivity contribution in [1.29, 1.82) is 0 Å². The third-order valence-electron chi connectivity index (χ3n) is 3.56. The number of nitrogens with one attached hydrogen (secondary N) is 1. The number of hydrogen-bond acceptors (Lipinski definition) is 4. The van der Waals surface area contributed by atoms with E-state index in [1.165, 1.54) is 0 Å². The van der Waals surface area contributed by atoms with Crippen LogP contribution in [0, 0.1) is 6.92 Å². The van der Waals surface area contributed by atoms with Gasteiger partial charge in [-0.3, -0.25) is 0 Å². The summed E-state index contributed by atoms with van der Waals surface area (Å²) in [6, 6.07) is 6.09. The first-order chi connectivity index (χ1) is 9.24. The fourth-order valence-corrected chi connectivity index (χ4v) is 2.93. The fourth-order valence-electron chi connectivity index (χ4n) is 2.46. The zero-order valence-corrected chi connectivity index (χ0v) is 12.4. The average Bonchev–Trinajstić information content (AvgIpc) is 2.89. The average molecular weight is 322 g/mol. The molecule has 0 amide bonds. The summed E-state index contributed by atoms with van der Waals surface area (Å²) in [5.41, 5.74) is 2.18. The highest BCUT2D eigenvalue weighted by Crippen LogP contribution is 2.28. The summed E-state index contributed by atoms with van der Waals surface area (Å²) in [4.78, 5) is 4.57. The summed E-state index contributed by atoms with van der Waals surface area (Å²) in [7, 11) is 0. The lowest BCUT2D eigenvalue weighted by Crippen LogP contribution is -2.26. The Morgan fingerprint density at radius 1 is 1.32 bits per heavy atom. The molecule has 1 N–H and O–H groups in total. The summed E-state index contributed by atoms with van der Waals surface area (Å²) in [5.74, 6) is 1.87. The van der Waals surface area contributed by atoms with E-state index in [1.54, 1.807) is 0 Å². The molecule has 0 bridgehead atoms. The molecule has 0 aliphatic carbocycles. The van der Waals surface area contributed by atoms with Crippen LogP contribution in [0.4, 0.5) is 0 Å². The Morgan fingerprint density at radius 3 is 2.84 bits per heavy atom. The van der Waals surface area contributed by atoms with Crippen molar-refractivity contribution in [2.45, 2.75) is 25.7 Å². The van der Waals surface area contributed by atoms with E-state index >= 15 is 0 Å². The first-order valence-corrected chi connectivity index (χ1v) is 7.34. The van der Waals surface area contributed by atoms with Crippen LogP contribution in [0.25, 0.3) is 11.4 Å². The van der Waals surface area contributed by atoms with E-state index in [4.69, 9.17) is 4.52 Å². The van der Waals surface area contributed by atoms with Crippen molar-refractivity contribution in [2.75, 3.05) is 13.1 Å². The van der Waals surface area contributed by atoms with Gasteiger partial charge in [0.2, 0.25) is 11.7 Å². The van der Waals surface area contributed by atoms with Gasteiger partial charge in [-0.25, -0.2) is 0 Å². The second-order valence-electron chi connectivity index (χ2n) is 4.94. The molecule has 0 spiro atoms. The summed E-state index contributed by atoms with van der Waals surface area (Å²) in [5, 5.41) is 7.47. The van der Waals surface area contributed by atoms with Crippen molar-refractivity contribution < 1.29 is 4.52 Å². The third kappa shape index (κ3) is 2.72. The van der Waals surface area contributed by atoms with Gasteiger partial charge in [-0.05, 0) is 56.6 Å². The van der Waals surface area contributed by atoms with Crippen LogP contribution in [0.5, 0.6) is 0 Å². The molecule has 5 heteroatoms. The summed E-state index contributed by atoms with van der Waals surface area (Å²) in [6.45, 7) is 4.11. The van der Waals surface area contributed by atoms with Gasteiger partial charge in [0, 0.05) is 16.0 Å². The highest BCUT2D eigenvalue weighted by molar-refractivity contribution is 9.10. The van der Waals surface area contributed by atoms with Crippen LogP contribution in [-0.2, 0) is 0 Å². The third-order valence-corrected chi connectivity index (χ3v) is 4.05. The Bertz CT molecular complexity index is 576. The SMILES string of the molecule is Cc1cc(Br)ccc1-c1noc(C2CCNCC2)n1. The molecule has 0 atom stereocenters. The van der Waals surface area contributed by atoms with Gasteiger partial charge in [0.25, 0.3) is 0 Å². The predicted molar refractivity (Wildman–Crippen MR) is 77.0 cm³/mol. The van der Waals surface area contributed by atoms with E-state index in [-0.39, 0.29) is 0 Å². The first kappa shape index (κ1) is 12.8. The molecule has 1 aromatic carbocycles. The van der Waals surface area contributed by atoms with Crippen molar-refractivity contribution in [3.63, 3.8) is 0 Å². The van der Waals surface area contributed by atoms with Crippen molar-refractivity contribution >= 4 is 15.9 Å². The molecule has 0 radical (unpaired) electrons. The van der Waals surface area contributed by atoms with Gasteiger partial charge < -0.3 is 9.84 Å². The van der Waals surface area contributed by atoms with Gasteiger partial charge in [0.05, 0.1) is 0 Å². The van der Waals surface area contributed by atoms with Gasteiger partial charge in [-0.15, -0.1) is 0 Å². The van der Waals surface area contributed by atoms with Crippen LogP contribution in [-0.4, -0.2) is 23.2 Å². The molecule has 1 fully saturated rings. The topological polar surface area (TPSA) is 51.0 Å². The smallest absolute Gasteiger partial charge is 0.230 e. The Morgan fingerprint density at radius 2 is 2.11 bits per heavy atom. The van der Waals surface area contributed by atoms with Crippen LogP contribution in [0.1, 0.15) is 30.2 Å². The zero-order chi connectivity index (χ0) is 13.2. The molecule has 19 heavy (non-hydrogen) atoms. The number of piperidine rings is 1. The molecule has 2 aromatic rings. The lowest BCUT2D eigenvalue weighted by atomic mass is 9.98. The second-order valence-corrected chi connectivity index (χ2v) is 5.86. The zero-order valence-electron chi connectivity index (χ0n) is 10.8. The Balaban J connectivity index is 1.87. The largest absolute Gasteiger partial charge is 0.339 e. The van der Waals surface area contributed by atoms with Crippen molar-refractivity contribution in [3.8, 4) is 11.4 Å². The highest BCUT2D eigenvalue weighted by Gasteiger charge is 2.22. The maximum atomic E-state index is 5.44. The minimum absolute atomic E-state index is 0.401. The number of rotatable bonds is 2. The molecule has 2 heterocycles. The fraction of sp³-hybridized carbons (Fsp3) is 0.429. The molecule has 0 unspecified atom stereocenters. The molecule has 3 rings (SSSR count). The lowest BCUT2D eigenvalue weighted by molar-refractivity contribution is 0.320. The van der Waals surface area contributed by atoms with Crippen LogP contribution in [0.3, 0.4) is 0 Å². The van der Waals surface area contributed by atoms with Crippen molar-refractivity contribution in [2.24, 2.45) is 0 Å². The maximum Gasteiger partial charge on any atom is 0.230 e. The van der Waals surface area contributed by atoms with Crippen LogP contribution in [0.2, 0.25) is 0 Å². The minimum atomic E-state index is 0.401. The van der Waals surface area contributed by atoms with Gasteiger partial charge in [-0.1, -0.05) is 21.1 Å². The number of benzene rings is 1. The van der Waals surface area contributed by atoms with Gasteiger partial charge in [-0.2, -0.15) is 4.98 Å². The van der Waals surface area contributed by atoms with Crippen LogP contribution < -0.4 is 5.32 Å². The van der Waals surface area contributed by atoms with E-state index < -0.39 is 0 Å². The molecular formula is C14H16BrN3O.